The maximum absolute atomic E-state index is 4.35. The van der Waals surface area contributed by atoms with Crippen molar-refractivity contribution in [3.8, 4) is 0 Å². The van der Waals surface area contributed by atoms with Crippen LogP contribution in [-0.2, 0) is 12.8 Å². The molecular formula is C12H15N5. The van der Waals surface area contributed by atoms with E-state index in [4.69, 9.17) is 0 Å². The van der Waals surface area contributed by atoms with Crippen LogP contribution in [0.3, 0.4) is 0 Å². The Bertz CT molecular complexity index is 506. The van der Waals surface area contributed by atoms with Crippen molar-refractivity contribution in [3.05, 3.63) is 35.5 Å². The molecule has 0 aromatic carbocycles. The van der Waals surface area contributed by atoms with Gasteiger partial charge in [-0.05, 0) is 26.2 Å². The number of nitrogens with zero attached hydrogens (tertiary/aromatic N) is 3. The highest BCUT2D eigenvalue weighted by Crippen LogP contribution is 2.27. The fraction of sp³-hybridized carbons (Fsp3) is 0.417. The molecule has 1 aliphatic rings. The van der Waals surface area contributed by atoms with E-state index in [0.717, 1.165) is 24.2 Å². The number of anilines is 1. The van der Waals surface area contributed by atoms with E-state index in [9.17, 15) is 0 Å². The number of aromatic nitrogens is 4. The number of hydrogen-bond donors (Lipinski definition) is 2. The molecule has 17 heavy (non-hydrogen) atoms. The third kappa shape index (κ3) is 1.88. The van der Waals surface area contributed by atoms with Crippen LogP contribution in [0.15, 0.2) is 18.7 Å². The molecule has 2 aromatic heterocycles. The lowest BCUT2D eigenvalue weighted by molar-refractivity contribution is 0.864. The molecular weight excluding hydrogens is 214 g/mol. The first-order valence-electron chi connectivity index (χ1n) is 5.92. The second kappa shape index (κ2) is 4.16. The van der Waals surface area contributed by atoms with Gasteiger partial charge in [-0.1, -0.05) is 0 Å². The first-order chi connectivity index (χ1) is 8.34. The maximum atomic E-state index is 4.35. The molecule has 0 amide bonds. The minimum Gasteiger partial charge on any atom is -0.363 e. The van der Waals surface area contributed by atoms with Crippen molar-refractivity contribution in [2.24, 2.45) is 0 Å². The molecule has 5 nitrogen and oxygen atoms in total. The van der Waals surface area contributed by atoms with Gasteiger partial charge in [0.1, 0.15) is 12.1 Å². The van der Waals surface area contributed by atoms with Crippen molar-refractivity contribution in [1.82, 2.24) is 20.2 Å². The lowest BCUT2D eigenvalue weighted by atomic mass is 10.1. The first-order valence-corrected chi connectivity index (χ1v) is 5.92. The summed E-state index contributed by atoms with van der Waals surface area (Å²) in [6.07, 6.45) is 8.72. The van der Waals surface area contributed by atoms with Crippen LogP contribution in [0.25, 0.3) is 0 Å². The second-order valence-electron chi connectivity index (χ2n) is 4.40. The highest BCUT2D eigenvalue weighted by Gasteiger charge is 2.18. The Balaban J connectivity index is 1.84. The second-order valence-corrected chi connectivity index (χ2v) is 4.40. The van der Waals surface area contributed by atoms with Crippen molar-refractivity contribution in [2.75, 3.05) is 5.32 Å². The number of hydrogen-bond acceptors (Lipinski definition) is 4. The smallest absolute Gasteiger partial charge is 0.133 e. The summed E-state index contributed by atoms with van der Waals surface area (Å²) in [6, 6.07) is 0.202. The third-order valence-electron chi connectivity index (χ3n) is 3.25. The van der Waals surface area contributed by atoms with Gasteiger partial charge in [-0.25, -0.2) is 9.97 Å². The van der Waals surface area contributed by atoms with E-state index in [1.165, 1.54) is 17.7 Å². The fourth-order valence-corrected chi connectivity index (χ4v) is 2.27. The minimum absolute atomic E-state index is 0.202. The summed E-state index contributed by atoms with van der Waals surface area (Å²) in [7, 11) is 0. The van der Waals surface area contributed by atoms with Gasteiger partial charge in [0.2, 0.25) is 0 Å². The van der Waals surface area contributed by atoms with Gasteiger partial charge in [0.05, 0.1) is 12.2 Å². The Kier molecular flexibility index (Phi) is 2.51. The summed E-state index contributed by atoms with van der Waals surface area (Å²) in [5, 5.41) is 10.2. The van der Waals surface area contributed by atoms with Crippen molar-refractivity contribution in [2.45, 2.75) is 32.2 Å². The largest absolute Gasteiger partial charge is 0.363 e. The van der Waals surface area contributed by atoms with E-state index < -0.39 is 0 Å². The van der Waals surface area contributed by atoms with Crippen LogP contribution in [0.1, 0.15) is 36.2 Å². The van der Waals surface area contributed by atoms with E-state index in [-0.39, 0.29) is 6.04 Å². The molecule has 0 aliphatic heterocycles. The van der Waals surface area contributed by atoms with Crippen LogP contribution in [0.2, 0.25) is 0 Å². The Morgan fingerprint density at radius 3 is 3.12 bits per heavy atom. The Morgan fingerprint density at radius 1 is 1.35 bits per heavy atom. The summed E-state index contributed by atoms with van der Waals surface area (Å²) in [5.74, 6) is 0.973. The number of fused-ring (bicyclic) bond motifs is 1. The lowest BCUT2D eigenvalue weighted by Crippen LogP contribution is -2.10. The lowest BCUT2D eigenvalue weighted by Gasteiger charge is -2.15. The van der Waals surface area contributed by atoms with E-state index in [0.29, 0.717) is 0 Å². The van der Waals surface area contributed by atoms with E-state index >= 15 is 0 Å². The SMILES string of the molecule is CC(Nc1ncnc2c1CCC2)c1cn[nH]c1. The van der Waals surface area contributed by atoms with E-state index in [1.807, 2.05) is 12.4 Å². The van der Waals surface area contributed by atoms with Gasteiger partial charge >= 0.3 is 0 Å². The maximum Gasteiger partial charge on any atom is 0.133 e. The summed E-state index contributed by atoms with van der Waals surface area (Å²) in [6.45, 7) is 2.11. The fourth-order valence-electron chi connectivity index (χ4n) is 2.27. The molecule has 0 bridgehead atoms. The van der Waals surface area contributed by atoms with Crippen molar-refractivity contribution >= 4 is 5.82 Å². The van der Waals surface area contributed by atoms with Crippen LogP contribution in [0, 0.1) is 0 Å². The van der Waals surface area contributed by atoms with Gasteiger partial charge < -0.3 is 5.32 Å². The normalized spacial score (nSPS) is 15.6. The molecule has 5 heteroatoms. The molecule has 1 unspecified atom stereocenters. The molecule has 3 rings (SSSR count). The summed E-state index contributed by atoms with van der Waals surface area (Å²) >= 11 is 0. The van der Waals surface area contributed by atoms with Gasteiger partial charge in [0.15, 0.2) is 0 Å². The summed E-state index contributed by atoms with van der Waals surface area (Å²) in [4.78, 5) is 8.67. The quantitative estimate of drug-likeness (QED) is 0.843. The zero-order chi connectivity index (χ0) is 11.7. The summed E-state index contributed by atoms with van der Waals surface area (Å²) in [5.41, 5.74) is 3.61. The average Bonchev–Trinajstić information content (AvgIpc) is 3.00. The van der Waals surface area contributed by atoms with Crippen molar-refractivity contribution in [3.63, 3.8) is 0 Å². The van der Waals surface area contributed by atoms with Gasteiger partial charge in [-0.2, -0.15) is 5.10 Å². The Morgan fingerprint density at radius 2 is 2.29 bits per heavy atom. The van der Waals surface area contributed by atoms with Gasteiger partial charge in [0.25, 0.3) is 0 Å². The number of aromatic amines is 1. The monoisotopic (exact) mass is 229 g/mol. The molecule has 2 N–H and O–H groups in total. The molecule has 0 saturated carbocycles. The molecule has 0 saturated heterocycles. The number of rotatable bonds is 3. The molecule has 1 aliphatic carbocycles. The molecule has 0 radical (unpaired) electrons. The molecule has 2 heterocycles. The van der Waals surface area contributed by atoms with Gasteiger partial charge in [0, 0.05) is 23.0 Å². The summed E-state index contributed by atoms with van der Waals surface area (Å²) < 4.78 is 0. The number of aryl methyl sites for hydroxylation is 1. The van der Waals surface area contributed by atoms with Crippen LogP contribution in [0.4, 0.5) is 5.82 Å². The molecule has 1 atom stereocenters. The first kappa shape index (κ1) is 10.3. The van der Waals surface area contributed by atoms with Gasteiger partial charge in [-0.15, -0.1) is 0 Å². The Hall–Kier alpha value is -1.91. The molecule has 88 valence electrons. The molecule has 2 aromatic rings. The molecule has 0 fully saturated rings. The van der Waals surface area contributed by atoms with Crippen LogP contribution >= 0.6 is 0 Å². The van der Waals surface area contributed by atoms with E-state index in [2.05, 4.69) is 32.4 Å². The highest BCUT2D eigenvalue weighted by atomic mass is 15.1. The standard InChI is InChI=1S/C12H15N5/c1-8(9-5-15-16-6-9)17-12-10-3-2-4-11(10)13-7-14-12/h5-8H,2-4H2,1H3,(H,15,16)(H,13,14,17). The zero-order valence-electron chi connectivity index (χ0n) is 9.77. The predicted molar refractivity (Wildman–Crippen MR) is 64.7 cm³/mol. The third-order valence-corrected chi connectivity index (χ3v) is 3.25. The van der Waals surface area contributed by atoms with E-state index in [1.54, 1.807) is 6.33 Å². The zero-order valence-corrected chi connectivity index (χ0v) is 9.77. The highest BCUT2D eigenvalue weighted by molar-refractivity contribution is 5.49. The average molecular weight is 229 g/mol. The number of nitrogens with one attached hydrogen (secondary N) is 2. The predicted octanol–water partition coefficient (Wildman–Crippen LogP) is 1.86. The van der Waals surface area contributed by atoms with Crippen LogP contribution < -0.4 is 5.32 Å². The van der Waals surface area contributed by atoms with Crippen LogP contribution in [0.5, 0.6) is 0 Å². The number of H-pyrrole nitrogens is 1. The topological polar surface area (TPSA) is 66.5 Å². The van der Waals surface area contributed by atoms with Gasteiger partial charge in [-0.3, -0.25) is 5.10 Å². The van der Waals surface area contributed by atoms with Crippen molar-refractivity contribution in [1.29, 1.82) is 0 Å². The minimum atomic E-state index is 0.202. The molecule has 0 spiro atoms. The van der Waals surface area contributed by atoms with Crippen LogP contribution in [-0.4, -0.2) is 20.2 Å². The Labute approximate surface area is 99.7 Å². The van der Waals surface area contributed by atoms with Crippen molar-refractivity contribution < 1.29 is 0 Å².